The van der Waals surface area contributed by atoms with Crippen LogP contribution in [0, 0.1) is 5.82 Å². The first-order valence-electron chi connectivity index (χ1n) is 16.0. The number of amides is 1. The minimum Gasteiger partial charge on any atom is -0.455 e. The molecule has 0 radical (unpaired) electrons. The second kappa shape index (κ2) is 14.3. The predicted octanol–water partition coefficient (Wildman–Crippen LogP) is 4.05. The maximum Gasteiger partial charge on any atom is 0.335 e. The molecule has 0 atom stereocenters. The number of carbonyl (C=O) groups excluding carboxylic acids is 1. The van der Waals surface area contributed by atoms with Crippen LogP contribution in [-0.4, -0.2) is 82.1 Å². The standard InChI is InChI=1S/C35H37FN8O5/c1-5-30(27-16-32(39-18-29(27)37-4)42-14-12-41(13-15-42)25-20-48-21-25)49-26-10-11-31(38-17-26)40-33(45)28-19-43(22(2)3)35(47)44(34(28)46)24-8-6-23(36)7-9-24/h5-11,16-19,22,25H,4,12-15,20-21H2,1-3H3,(H,38,40,45)/b30-5+. The predicted molar refractivity (Wildman–Crippen MR) is 185 cm³/mol. The molecule has 2 fully saturated rings. The number of rotatable bonds is 10. The van der Waals surface area contributed by atoms with Gasteiger partial charge in [0.25, 0.3) is 11.5 Å². The Balaban J connectivity index is 1.18. The van der Waals surface area contributed by atoms with E-state index < -0.39 is 23.0 Å². The van der Waals surface area contributed by atoms with Crippen molar-refractivity contribution in [1.82, 2.24) is 24.0 Å². The highest BCUT2D eigenvalue weighted by Crippen LogP contribution is 2.31. The average molecular weight is 669 g/mol. The summed E-state index contributed by atoms with van der Waals surface area (Å²) in [6.07, 6.45) is 6.16. The summed E-state index contributed by atoms with van der Waals surface area (Å²) < 4.78 is 27.2. The van der Waals surface area contributed by atoms with Crippen molar-refractivity contribution in [3.05, 3.63) is 105 Å². The molecule has 3 aromatic heterocycles. The number of carbonyl (C=O) groups is 1. The first-order chi connectivity index (χ1) is 23.7. The monoisotopic (exact) mass is 668 g/mol. The number of nitrogens with one attached hydrogen (secondary N) is 1. The molecule has 0 unspecified atom stereocenters. The largest absolute Gasteiger partial charge is 0.455 e. The quantitative estimate of drug-likeness (QED) is 0.196. The molecule has 0 spiro atoms. The van der Waals surface area contributed by atoms with Gasteiger partial charge in [-0.3, -0.25) is 24.0 Å². The summed E-state index contributed by atoms with van der Waals surface area (Å²) >= 11 is 0. The first-order valence-corrected chi connectivity index (χ1v) is 16.0. The number of pyridine rings is 2. The molecule has 2 aliphatic heterocycles. The Morgan fingerprint density at radius 2 is 1.80 bits per heavy atom. The van der Waals surface area contributed by atoms with Crippen molar-refractivity contribution >= 4 is 35.7 Å². The van der Waals surface area contributed by atoms with Gasteiger partial charge < -0.3 is 19.7 Å². The minimum absolute atomic E-state index is 0.137. The van der Waals surface area contributed by atoms with E-state index in [1.807, 2.05) is 19.1 Å². The molecule has 1 aromatic carbocycles. The summed E-state index contributed by atoms with van der Waals surface area (Å²) in [6.45, 7) is 14.2. The molecule has 1 N–H and O–H groups in total. The number of ether oxygens (including phenoxy) is 2. The van der Waals surface area contributed by atoms with Crippen LogP contribution in [0.25, 0.3) is 11.4 Å². The highest BCUT2D eigenvalue weighted by molar-refractivity contribution is 6.03. The number of aliphatic imine (C=N–C) groups is 1. The molecule has 14 heteroatoms. The summed E-state index contributed by atoms with van der Waals surface area (Å²) in [6, 6.07) is 10.1. The third kappa shape index (κ3) is 7.05. The Labute approximate surface area is 282 Å². The molecule has 1 amide bonds. The van der Waals surface area contributed by atoms with E-state index in [-0.39, 0.29) is 23.1 Å². The summed E-state index contributed by atoms with van der Waals surface area (Å²) in [5.41, 5.74) is -0.367. The molecule has 5 heterocycles. The SMILES string of the molecule is C=Nc1cnc(N2CCN(C3COC3)CC2)cc1/C(=C\C)Oc1ccc(NC(=O)c2cn(C(C)C)c(=O)n(-c3ccc(F)cc3)c2=O)nc1. The molecule has 2 saturated heterocycles. The topological polar surface area (TPSA) is 136 Å². The molecular formula is C35H37FN8O5. The van der Waals surface area contributed by atoms with Crippen molar-refractivity contribution in [2.24, 2.45) is 4.99 Å². The number of benzene rings is 1. The van der Waals surface area contributed by atoms with Gasteiger partial charge in [-0.25, -0.2) is 23.7 Å². The fraction of sp³-hybridized carbons (Fsp3) is 0.314. The Morgan fingerprint density at radius 3 is 2.39 bits per heavy atom. The molecule has 0 saturated carbocycles. The molecule has 13 nitrogen and oxygen atoms in total. The lowest BCUT2D eigenvalue weighted by atomic mass is 10.1. The van der Waals surface area contributed by atoms with Crippen molar-refractivity contribution in [2.75, 3.05) is 49.6 Å². The van der Waals surface area contributed by atoms with E-state index in [1.54, 1.807) is 26.1 Å². The Bertz CT molecular complexity index is 1990. The summed E-state index contributed by atoms with van der Waals surface area (Å²) in [5, 5.41) is 2.62. The second-order valence-corrected chi connectivity index (χ2v) is 12.0. The number of piperazine rings is 1. The summed E-state index contributed by atoms with van der Waals surface area (Å²) in [5.74, 6) is 0.589. The van der Waals surface area contributed by atoms with Gasteiger partial charge in [0, 0.05) is 44.0 Å². The maximum atomic E-state index is 13.6. The van der Waals surface area contributed by atoms with Crippen LogP contribution in [0.4, 0.5) is 21.7 Å². The average Bonchev–Trinajstić information content (AvgIpc) is 3.08. The van der Waals surface area contributed by atoms with Crippen LogP contribution >= 0.6 is 0 Å². The minimum atomic E-state index is -0.845. The van der Waals surface area contributed by atoms with Crippen LogP contribution < -0.4 is 26.2 Å². The van der Waals surface area contributed by atoms with E-state index in [9.17, 15) is 18.8 Å². The Morgan fingerprint density at radius 1 is 1.06 bits per heavy atom. The molecule has 6 rings (SSSR count). The zero-order chi connectivity index (χ0) is 34.7. The van der Waals surface area contributed by atoms with Crippen LogP contribution in [0.15, 0.2) is 81.7 Å². The third-order valence-electron chi connectivity index (χ3n) is 8.55. The van der Waals surface area contributed by atoms with Crippen LogP contribution in [-0.2, 0) is 4.74 Å². The lowest BCUT2D eigenvalue weighted by molar-refractivity contribution is -0.0661. The molecule has 2 aliphatic rings. The van der Waals surface area contributed by atoms with Gasteiger partial charge in [0.1, 0.15) is 34.5 Å². The molecule has 0 bridgehead atoms. The molecule has 4 aromatic rings. The van der Waals surface area contributed by atoms with E-state index in [0.717, 1.165) is 61.9 Å². The summed E-state index contributed by atoms with van der Waals surface area (Å²) in [4.78, 5) is 57.6. The van der Waals surface area contributed by atoms with Gasteiger partial charge >= 0.3 is 5.69 Å². The fourth-order valence-corrected chi connectivity index (χ4v) is 5.69. The van der Waals surface area contributed by atoms with E-state index >= 15 is 0 Å². The Hall–Kier alpha value is -5.47. The van der Waals surface area contributed by atoms with Crippen LogP contribution in [0.1, 0.15) is 42.7 Å². The Kier molecular flexibility index (Phi) is 9.78. The van der Waals surface area contributed by atoms with E-state index in [4.69, 9.17) is 9.47 Å². The van der Waals surface area contributed by atoms with E-state index in [0.29, 0.717) is 28.8 Å². The van der Waals surface area contributed by atoms with Crippen LogP contribution in [0.5, 0.6) is 5.75 Å². The van der Waals surface area contributed by atoms with Crippen molar-refractivity contribution in [3.8, 4) is 11.4 Å². The number of hydrogen-bond donors (Lipinski definition) is 1. The lowest BCUT2D eigenvalue weighted by Gasteiger charge is -2.42. The smallest absolute Gasteiger partial charge is 0.335 e. The number of anilines is 2. The number of nitrogens with zero attached hydrogens (tertiary/aromatic N) is 7. The van der Waals surface area contributed by atoms with Gasteiger partial charge in [-0.2, -0.15) is 0 Å². The lowest BCUT2D eigenvalue weighted by Crippen LogP contribution is -2.56. The van der Waals surface area contributed by atoms with E-state index in [2.05, 4.69) is 36.8 Å². The number of hydrogen-bond acceptors (Lipinski definition) is 10. The normalized spacial score (nSPS) is 15.6. The highest BCUT2D eigenvalue weighted by Gasteiger charge is 2.29. The van der Waals surface area contributed by atoms with Crippen molar-refractivity contribution in [2.45, 2.75) is 32.9 Å². The van der Waals surface area contributed by atoms with Crippen molar-refractivity contribution in [1.29, 1.82) is 0 Å². The van der Waals surface area contributed by atoms with Gasteiger partial charge in [0.15, 0.2) is 0 Å². The number of halogens is 1. The van der Waals surface area contributed by atoms with Gasteiger partial charge in [0.05, 0.1) is 43.0 Å². The number of allylic oxidation sites excluding steroid dienone is 1. The first kappa shape index (κ1) is 33.4. The van der Waals surface area contributed by atoms with Gasteiger partial charge in [0.2, 0.25) is 0 Å². The molecule has 49 heavy (non-hydrogen) atoms. The number of aromatic nitrogens is 4. The molecule has 254 valence electrons. The van der Waals surface area contributed by atoms with Gasteiger partial charge in [-0.15, -0.1) is 0 Å². The van der Waals surface area contributed by atoms with Gasteiger partial charge in [-0.05, 0) is 76.0 Å². The third-order valence-corrected chi connectivity index (χ3v) is 8.55. The summed E-state index contributed by atoms with van der Waals surface area (Å²) in [7, 11) is 0. The maximum absolute atomic E-state index is 13.6. The second-order valence-electron chi connectivity index (χ2n) is 12.0. The molecule has 0 aliphatic carbocycles. The zero-order valence-electron chi connectivity index (χ0n) is 27.5. The highest BCUT2D eigenvalue weighted by atomic mass is 19.1. The van der Waals surface area contributed by atoms with E-state index in [1.165, 1.54) is 35.2 Å². The fourth-order valence-electron chi connectivity index (χ4n) is 5.69. The van der Waals surface area contributed by atoms with Gasteiger partial charge in [-0.1, -0.05) is 0 Å². The van der Waals surface area contributed by atoms with Crippen molar-refractivity contribution < 1.29 is 18.7 Å². The van der Waals surface area contributed by atoms with Crippen LogP contribution in [0.2, 0.25) is 0 Å². The van der Waals surface area contributed by atoms with Crippen LogP contribution in [0.3, 0.4) is 0 Å². The van der Waals surface area contributed by atoms with Crippen molar-refractivity contribution in [3.63, 3.8) is 0 Å². The zero-order valence-corrected chi connectivity index (χ0v) is 27.5. The molecular weight excluding hydrogens is 631 g/mol.